The second kappa shape index (κ2) is 6.69. The van der Waals surface area contributed by atoms with Crippen LogP contribution in [0.25, 0.3) is 0 Å². The standard InChI is InChI=1S/C5H12.H4O7P2/c1-4-5(2)3;1-8(2,3)7-9(4,5)6/h5H,4H2,1-3H3;(H2,1,2,3)(H2,4,5,6). The summed E-state index contributed by atoms with van der Waals surface area (Å²) in [6.07, 6.45) is 1.31. The van der Waals surface area contributed by atoms with Gasteiger partial charge in [0.05, 0.1) is 0 Å². The molecule has 0 atom stereocenters. The molecule has 14 heavy (non-hydrogen) atoms. The van der Waals surface area contributed by atoms with E-state index in [-0.39, 0.29) is 0 Å². The Morgan fingerprint density at radius 2 is 1.29 bits per heavy atom. The molecule has 9 heteroatoms. The van der Waals surface area contributed by atoms with Crippen molar-refractivity contribution in [3.05, 3.63) is 0 Å². The van der Waals surface area contributed by atoms with Crippen molar-refractivity contribution < 1.29 is 33.0 Å². The molecule has 0 aliphatic rings. The third kappa shape index (κ3) is 22.8. The normalized spacial score (nSPS) is 12.3. The second-order valence-corrected chi connectivity index (χ2v) is 5.48. The molecular weight excluding hydrogens is 234 g/mol. The highest BCUT2D eigenvalue weighted by Gasteiger charge is 2.27. The minimum atomic E-state index is -5.05. The lowest BCUT2D eigenvalue weighted by Gasteiger charge is -2.03. The summed E-state index contributed by atoms with van der Waals surface area (Å²) >= 11 is 0. The predicted octanol–water partition coefficient (Wildman–Crippen LogP) is 1.24. The summed E-state index contributed by atoms with van der Waals surface area (Å²) in [6, 6.07) is 0. The summed E-state index contributed by atoms with van der Waals surface area (Å²) < 4.78 is 22.2. The van der Waals surface area contributed by atoms with Crippen LogP contribution in [0.3, 0.4) is 0 Å². The van der Waals surface area contributed by atoms with Crippen molar-refractivity contribution >= 4 is 15.6 Å². The Balaban J connectivity index is 0. The largest absolute Gasteiger partial charge is 0.478 e. The molecule has 0 heterocycles. The van der Waals surface area contributed by atoms with Crippen molar-refractivity contribution in [1.82, 2.24) is 0 Å². The SMILES string of the molecule is CCC(C)C.O=P(O)(O)OP(=O)(O)O. The molecule has 0 aromatic rings. The van der Waals surface area contributed by atoms with Gasteiger partial charge in [-0.15, -0.1) is 0 Å². The highest BCUT2D eigenvalue weighted by Crippen LogP contribution is 2.53. The summed E-state index contributed by atoms with van der Waals surface area (Å²) in [5.41, 5.74) is 0. The number of hydrogen-bond acceptors (Lipinski definition) is 3. The molecule has 0 saturated carbocycles. The van der Waals surface area contributed by atoms with Gasteiger partial charge in [0, 0.05) is 0 Å². The highest BCUT2D eigenvalue weighted by molar-refractivity contribution is 7.60. The van der Waals surface area contributed by atoms with Gasteiger partial charge < -0.3 is 19.6 Å². The molecule has 0 aliphatic carbocycles. The Bertz CT molecular complexity index is 206. The van der Waals surface area contributed by atoms with Crippen molar-refractivity contribution in [3.8, 4) is 0 Å². The lowest BCUT2D eigenvalue weighted by molar-refractivity contribution is 0.225. The van der Waals surface area contributed by atoms with Crippen molar-refractivity contribution in [2.45, 2.75) is 27.2 Å². The van der Waals surface area contributed by atoms with E-state index in [2.05, 4.69) is 25.1 Å². The lowest BCUT2D eigenvalue weighted by Crippen LogP contribution is -1.84. The van der Waals surface area contributed by atoms with Crippen molar-refractivity contribution in [1.29, 1.82) is 0 Å². The van der Waals surface area contributed by atoms with Gasteiger partial charge in [0.25, 0.3) is 0 Å². The molecule has 0 unspecified atom stereocenters. The van der Waals surface area contributed by atoms with Crippen LogP contribution in [0.5, 0.6) is 0 Å². The van der Waals surface area contributed by atoms with E-state index < -0.39 is 15.6 Å². The Morgan fingerprint density at radius 1 is 1.07 bits per heavy atom. The van der Waals surface area contributed by atoms with Crippen LogP contribution in [0.2, 0.25) is 0 Å². The molecule has 0 fully saturated rings. The van der Waals surface area contributed by atoms with E-state index in [1.54, 1.807) is 0 Å². The Kier molecular flexibility index (Phi) is 7.97. The van der Waals surface area contributed by atoms with Crippen LogP contribution in [0.4, 0.5) is 0 Å². The van der Waals surface area contributed by atoms with Crippen LogP contribution in [-0.2, 0) is 13.4 Å². The number of phosphoric acid groups is 2. The van der Waals surface area contributed by atoms with Crippen LogP contribution < -0.4 is 0 Å². The molecule has 0 rings (SSSR count). The van der Waals surface area contributed by atoms with Crippen LogP contribution >= 0.6 is 15.6 Å². The minimum absolute atomic E-state index is 0.884. The van der Waals surface area contributed by atoms with E-state index in [0.29, 0.717) is 0 Å². The fourth-order valence-electron chi connectivity index (χ4n) is 0.139. The third-order valence-electron chi connectivity index (χ3n) is 1.03. The first kappa shape index (κ1) is 16.7. The first-order chi connectivity index (χ1) is 5.98. The van der Waals surface area contributed by atoms with Gasteiger partial charge in [0.1, 0.15) is 0 Å². The molecule has 0 aliphatic heterocycles. The average molecular weight is 250 g/mol. The monoisotopic (exact) mass is 250 g/mol. The zero-order chi connectivity index (χ0) is 12.0. The minimum Gasteiger partial charge on any atom is -0.302 e. The average Bonchev–Trinajstić information content (AvgIpc) is 1.80. The van der Waals surface area contributed by atoms with E-state index in [1.807, 2.05) is 0 Å². The molecule has 0 spiro atoms. The fourth-order valence-corrected chi connectivity index (χ4v) is 1.25. The van der Waals surface area contributed by atoms with Crippen LogP contribution in [0.1, 0.15) is 27.2 Å². The third-order valence-corrected chi connectivity index (χ3v) is 2.73. The number of hydrogen-bond donors (Lipinski definition) is 4. The van der Waals surface area contributed by atoms with Gasteiger partial charge in [0.2, 0.25) is 0 Å². The van der Waals surface area contributed by atoms with E-state index in [1.165, 1.54) is 6.42 Å². The molecule has 4 N–H and O–H groups in total. The zero-order valence-electron chi connectivity index (χ0n) is 8.19. The molecule has 0 saturated heterocycles. The van der Waals surface area contributed by atoms with Gasteiger partial charge in [-0.25, -0.2) is 9.13 Å². The molecule has 0 aromatic heterocycles. The lowest BCUT2D eigenvalue weighted by atomic mass is 10.2. The number of rotatable bonds is 3. The Morgan fingerprint density at radius 3 is 1.29 bits per heavy atom. The first-order valence-corrected chi connectivity index (χ1v) is 6.86. The molecule has 7 nitrogen and oxygen atoms in total. The van der Waals surface area contributed by atoms with Gasteiger partial charge >= 0.3 is 15.6 Å². The van der Waals surface area contributed by atoms with Crippen molar-refractivity contribution in [2.75, 3.05) is 0 Å². The van der Waals surface area contributed by atoms with Crippen LogP contribution in [-0.4, -0.2) is 19.6 Å². The van der Waals surface area contributed by atoms with Crippen LogP contribution in [0.15, 0.2) is 0 Å². The van der Waals surface area contributed by atoms with Crippen molar-refractivity contribution in [2.24, 2.45) is 5.92 Å². The Labute approximate surface area is 82.6 Å². The van der Waals surface area contributed by atoms with Gasteiger partial charge in [-0.05, 0) is 5.92 Å². The maximum Gasteiger partial charge on any atom is 0.478 e. The topological polar surface area (TPSA) is 124 Å². The molecule has 0 aromatic carbocycles. The molecule has 88 valence electrons. The van der Waals surface area contributed by atoms with Gasteiger partial charge in [-0.3, -0.25) is 0 Å². The second-order valence-electron chi connectivity index (χ2n) is 2.86. The van der Waals surface area contributed by atoms with Gasteiger partial charge in [-0.1, -0.05) is 27.2 Å². The molecule has 0 amide bonds. The smallest absolute Gasteiger partial charge is 0.302 e. The quantitative estimate of drug-likeness (QED) is 0.555. The molecule has 0 radical (unpaired) electrons. The fraction of sp³-hybridized carbons (Fsp3) is 1.00. The van der Waals surface area contributed by atoms with E-state index in [9.17, 15) is 9.13 Å². The predicted molar refractivity (Wildman–Crippen MR) is 50.3 cm³/mol. The Hall–Kier alpha value is 0.260. The van der Waals surface area contributed by atoms with Crippen molar-refractivity contribution in [3.63, 3.8) is 0 Å². The summed E-state index contributed by atoms with van der Waals surface area (Å²) in [5.74, 6) is 0.884. The maximum atomic E-state index is 9.63. The van der Waals surface area contributed by atoms with E-state index in [0.717, 1.165) is 5.92 Å². The summed E-state index contributed by atoms with van der Waals surface area (Å²) in [6.45, 7) is 6.64. The van der Waals surface area contributed by atoms with E-state index >= 15 is 0 Å². The summed E-state index contributed by atoms with van der Waals surface area (Å²) in [4.78, 5) is 31.0. The summed E-state index contributed by atoms with van der Waals surface area (Å²) in [7, 11) is -10.1. The molecule has 0 bridgehead atoms. The molecular formula is C5H16O7P2. The van der Waals surface area contributed by atoms with E-state index in [4.69, 9.17) is 19.6 Å². The maximum absolute atomic E-state index is 9.63. The first-order valence-electron chi connectivity index (χ1n) is 3.80. The van der Waals surface area contributed by atoms with Crippen LogP contribution in [0, 0.1) is 5.92 Å². The zero-order valence-corrected chi connectivity index (χ0v) is 9.98. The van der Waals surface area contributed by atoms with Gasteiger partial charge in [0.15, 0.2) is 0 Å². The highest BCUT2D eigenvalue weighted by atomic mass is 31.3. The van der Waals surface area contributed by atoms with Gasteiger partial charge in [-0.2, -0.15) is 4.31 Å². The summed E-state index contributed by atoms with van der Waals surface area (Å²) in [5, 5.41) is 0.